The molecule has 0 radical (unpaired) electrons. The summed E-state index contributed by atoms with van der Waals surface area (Å²) in [6, 6.07) is 25.3. The van der Waals surface area contributed by atoms with E-state index in [-0.39, 0.29) is 5.75 Å². The van der Waals surface area contributed by atoms with Crippen molar-refractivity contribution in [3.05, 3.63) is 91.3 Å². The van der Waals surface area contributed by atoms with Crippen molar-refractivity contribution >= 4 is 0 Å². The molecule has 0 aliphatic heterocycles. The van der Waals surface area contributed by atoms with Crippen LogP contribution >= 0.6 is 0 Å². The van der Waals surface area contributed by atoms with Crippen molar-refractivity contribution in [3.8, 4) is 39.4 Å². The van der Waals surface area contributed by atoms with Crippen LogP contribution in [-0.2, 0) is 0 Å². The van der Waals surface area contributed by atoms with Gasteiger partial charge < -0.3 is 5.11 Å². The summed E-state index contributed by atoms with van der Waals surface area (Å²) in [6.45, 7) is 0. The number of hydrogen-bond donors (Lipinski definition) is 1. The minimum atomic E-state index is 0.229. The SMILES string of the molecule is Oc1cccc(-c2cc(-c3ncccc3-c3ccccc3)ccn2)c1. The molecule has 2 aromatic carbocycles. The van der Waals surface area contributed by atoms with Crippen molar-refractivity contribution in [2.75, 3.05) is 0 Å². The molecule has 0 unspecified atom stereocenters. The number of hydrogen-bond acceptors (Lipinski definition) is 3. The summed E-state index contributed by atoms with van der Waals surface area (Å²) >= 11 is 0. The fraction of sp³-hybridized carbons (Fsp3) is 0. The number of nitrogens with zero attached hydrogens (tertiary/aromatic N) is 2. The van der Waals surface area contributed by atoms with Crippen LogP contribution in [0.2, 0.25) is 0 Å². The smallest absolute Gasteiger partial charge is 0.116 e. The molecule has 25 heavy (non-hydrogen) atoms. The number of phenols is 1. The van der Waals surface area contributed by atoms with Crippen LogP contribution in [0.25, 0.3) is 33.6 Å². The van der Waals surface area contributed by atoms with Gasteiger partial charge in [-0.05, 0) is 35.9 Å². The monoisotopic (exact) mass is 324 g/mol. The Morgan fingerprint density at radius 3 is 2.28 bits per heavy atom. The summed E-state index contributed by atoms with van der Waals surface area (Å²) in [5.41, 5.74) is 5.79. The van der Waals surface area contributed by atoms with Gasteiger partial charge in [0.05, 0.1) is 11.4 Å². The van der Waals surface area contributed by atoms with E-state index in [2.05, 4.69) is 28.2 Å². The summed E-state index contributed by atoms with van der Waals surface area (Å²) in [5, 5.41) is 9.71. The van der Waals surface area contributed by atoms with Crippen molar-refractivity contribution < 1.29 is 5.11 Å². The average Bonchev–Trinajstić information content (AvgIpc) is 2.69. The highest BCUT2D eigenvalue weighted by Gasteiger charge is 2.10. The highest BCUT2D eigenvalue weighted by atomic mass is 16.3. The first-order valence-corrected chi connectivity index (χ1v) is 8.07. The van der Waals surface area contributed by atoms with Crippen LogP contribution in [-0.4, -0.2) is 15.1 Å². The zero-order valence-corrected chi connectivity index (χ0v) is 13.5. The van der Waals surface area contributed by atoms with E-state index >= 15 is 0 Å². The maximum Gasteiger partial charge on any atom is 0.116 e. The van der Waals surface area contributed by atoms with E-state index in [4.69, 9.17) is 0 Å². The van der Waals surface area contributed by atoms with Crippen LogP contribution < -0.4 is 0 Å². The fourth-order valence-corrected chi connectivity index (χ4v) is 2.89. The van der Waals surface area contributed by atoms with E-state index in [0.29, 0.717) is 0 Å². The van der Waals surface area contributed by atoms with Crippen LogP contribution in [0.1, 0.15) is 0 Å². The van der Waals surface area contributed by atoms with E-state index < -0.39 is 0 Å². The zero-order chi connectivity index (χ0) is 17.1. The van der Waals surface area contributed by atoms with E-state index in [0.717, 1.165) is 33.6 Å². The largest absolute Gasteiger partial charge is 0.508 e. The van der Waals surface area contributed by atoms with Crippen molar-refractivity contribution in [1.82, 2.24) is 9.97 Å². The molecule has 2 aromatic heterocycles. The number of aromatic hydroxyl groups is 1. The molecule has 0 saturated heterocycles. The minimum Gasteiger partial charge on any atom is -0.508 e. The second-order valence-corrected chi connectivity index (χ2v) is 5.75. The number of pyridine rings is 2. The van der Waals surface area contributed by atoms with E-state index in [1.807, 2.05) is 48.5 Å². The van der Waals surface area contributed by atoms with Crippen LogP contribution in [0.15, 0.2) is 91.3 Å². The van der Waals surface area contributed by atoms with Crippen molar-refractivity contribution in [2.24, 2.45) is 0 Å². The van der Waals surface area contributed by atoms with Crippen LogP contribution in [0.5, 0.6) is 5.75 Å². The molecule has 0 amide bonds. The third kappa shape index (κ3) is 3.12. The molecule has 0 spiro atoms. The number of phenolic OH excluding ortho intramolecular Hbond substituents is 1. The topological polar surface area (TPSA) is 46.0 Å². The van der Waals surface area contributed by atoms with Gasteiger partial charge in [0.15, 0.2) is 0 Å². The molecule has 4 aromatic rings. The lowest BCUT2D eigenvalue weighted by Gasteiger charge is -2.10. The normalized spacial score (nSPS) is 10.6. The van der Waals surface area contributed by atoms with Gasteiger partial charge >= 0.3 is 0 Å². The van der Waals surface area contributed by atoms with Crippen LogP contribution in [0.4, 0.5) is 0 Å². The van der Waals surface area contributed by atoms with E-state index in [1.165, 1.54) is 0 Å². The molecule has 1 N–H and O–H groups in total. The molecule has 2 heterocycles. The van der Waals surface area contributed by atoms with Gasteiger partial charge in [0.25, 0.3) is 0 Å². The molecular formula is C22H16N2O. The van der Waals surface area contributed by atoms with Gasteiger partial charge in [-0.2, -0.15) is 0 Å². The summed E-state index contributed by atoms with van der Waals surface area (Å²) in [7, 11) is 0. The summed E-state index contributed by atoms with van der Waals surface area (Å²) in [6.07, 6.45) is 3.58. The van der Waals surface area contributed by atoms with Gasteiger partial charge in [0, 0.05) is 29.1 Å². The summed E-state index contributed by atoms with van der Waals surface area (Å²) in [5.74, 6) is 0.229. The van der Waals surface area contributed by atoms with Crippen molar-refractivity contribution in [2.45, 2.75) is 0 Å². The number of benzene rings is 2. The van der Waals surface area contributed by atoms with Gasteiger partial charge in [0.2, 0.25) is 0 Å². The second-order valence-electron chi connectivity index (χ2n) is 5.75. The standard InChI is InChI=1S/C22H16N2O/c25-19-9-4-8-17(14-19)21-15-18(11-13-23-21)22-20(10-5-12-24-22)16-6-2-1-3-7-16/h1-15,25H. The third-order valence-corrected chi connectivity index (χ3v) is 4.07. The molecular weight excluding hydrogens is 308 g/mol. The summed E-state index contributed by atoms with van der Waals surface area (Å²) < 4.78 is 0. The number of rotatable bonds is 3. The molecule has 120 valence electrons. The molecule has 0 atom stereocenters. The Balaban J connectivity index is 1.83. The van der Waals surface area contributed by atoms with Crippen molar-refractivity contribution in [3.63, 3.8) is 0 Å². The first-order chi connectivity index (χ1) is 12.3. The Bertz CT molecular complexity index is 1010. The lowest BCUT2D eigenvalue weighted by atomic mass is 9.99. The minimum absolute atomic E-state index is 0.229. The Hall–Kier alpha value is -3.46. The Morgan fingerprint density at radius 1 is 0.600 bits per heavy atom. The highest BCUT2D eigenvalue weighted by Crippen LogP contribution is 2.32. The highest BCUT2D eigenvalue weighted by molar-refractivity contribution is 5.82. The predicted octanol–water partition coefficient (Wildman–Crippen LogP) is 5.18. The predicted molar refractivity (Wildman–Crippen MR) is 100 cm³/mol. The Kier molecular flexibility index (Phi) is 3.97. The molecule has 0 aliphatic carbocycles. The van der Waals surface area contributed by atoms with Gasteiger partial charge in [-0.25, -0.2) is 0 Å². The Labute approximate surface area is 146 Å². The lowest BCUT2D eigenvalue weighted by Crippen LogP contribution is -1.91. The molecule has 0 saturated carbocycles. The zero-order valence-electron chi connectivity index (χ0n) is 13.5. The number of aromatic nitrogens is 2. The maximum absolute atomic E-state index is 9.71. The van der Waals surface area contributed by atoms with Gasteiger partial charge in [-0.15, -0.1) is 0 Å². The first kappa shape index (κ1) is 15.1. The van der Waals surface area contributed by atoms with Gasteiger partial charge in [-0.3, -0.25) is 9.97 Å². The third-order valence-electron chi connectivity index (χ3n) is 4.07. The fourth-order valence-electron chi connectivity index (χ4n) is 2.89. The molecule has 0 aliphatic rings. The lowest BCUT2D eigenvalue weighted by molar-refractivity contribution is 0.475. The molecule has 4 rings (SSSR count). The maximum atomic E-state index is 9.71. The van der Waals surface area contributed by atoms with Gasteiger partial charge in [-0.1, -0.05) is 48.5 Å². The molecule has 3 heteroatoms. The first-order valence-electron chi connectivity index (χ1n) is 8.07. The summed E-state index contributed by atoms with van der Waals surface area (Å²) in [4.78, 5) is 9.04. The quantitative estimate of drug-likeness (QED) is 0.564. The van der Waals surface area contributed by atoms with Crippen molar-refractivity contribution in [1.29, 1.82) is 0 Å². The van der Waals surface area contributed by atoms with E-state index in [9.17, 15) is 5.11 Å². The molecule has 0 bridgehead atoms. The van der Waals surface area contributed by atoms with Crippen LogP contribution in [0, 0.1) is 0 Å². The average molecular weight is 324 g/mol. The Morgan fingerprint density at radius 2 is 1.44 bits per heavy atom. The molecule has 0 fully saturated rings. The second kappa shape index (κ2) is 6.57. The molecule has 3 nitrogen and oxygen atoms in total. The van der Waals surface area contributed by atoms with Crippen LogP contribution in [0.3, 0.4) is 0 Å². The van der Waals surface area contributed by atoms with E-state index in [1.54, 1.807) is 24.5 Å². The van der Waals surface area contributed by atoms with Gasteiger partial charge in [0.1, 0.15) is 5.75 Å².